The number of pyridine rings is 1. The molecule has 0 aliphatic heterocycles. The van der Waals surface area contributed by atoms with Crippen molar-refractivity contribution in [3.8, 4) is 11.8 Å². The van der Waals surface area contributed by atoms with Crippen LogP contribution in [0.5, 0.6) is 0 Å². The summed E-state index contributed by atoms with van der Waals surface area (Å²) in [5.41, 5.74) is 1.96. The molecular formula is C10H10ClN. The van der Waals surface area contributed by atoms with Crippen LogP contribution in [-0.2, 0) is 0 Å². The minimum atomic E-state index is 0.590. The lowest BCUT2D eigenvalue weighted by Crippen LogP contribution is -1.84. The summed E-state index contributed by atoms with van der Waals surface area (Å²) in [7, 11) is 0. The lowest BCUT2D eigenvalue weighted by Gasteiger charge is -1.93. The van der Waals surface area contributed by atoms with Gasteiger partial charge in [0.05, 0.1) is 5.69 Å². The maximum atomic E-state index is 5.49. The normalized spacial score (nSPS) is 8.83. The molecule has 0 aliphatic carbocycles. The molecule has 0 radical (unpaired) electrons. The Morgan fingerprint density at radius 2 is 2.42 bits per heavy atom. The summed E-state index contributed by atoms with van der Waals surface area (Å²) in [6.45, 7) is 1.95. The van der Waals surface area contributed by atoms with Crippen molar-refractivity contribution in [3.05, 3.63) is 29.6 Å². The number of alkyl halides is 1. The molecule has 0 amide bonds. The standard InChI is InChI=1S/C10H10ClN/c1-9-10(5-2-3-7-11)6-4-8-12-9/h4,6,8H,3,7H2,1H3. The molecule has 1 rings (SSSR count). The fourth-order valence-electron chi connectivity index (χ4n) is 0.821. The van der Waals surface area contributed by atoms with Crippen molar-refractivity contribution in [1.82, 2.24) is 4.98 Å². The second kappa shape index (κ2) is 4.79. The molecule has 0 spiro atoms. The van der Waals surface area contributed by atoms with Crippen LogP contribution >= 0.6 is 11.6 Å². The molecular weight excluding hydrogens is 170 g/mol. The lowest BCUT2D eigenvalue weighted by atomic mass is 10.2. The largest absolute Gasteiger partial charge is 0.260 e. The Kier molecular flexibility index (Phi) is 3.63. The molecule has 0 atom stereocenters. The van der Waals surface area contributed by atoms with E-state index in [9.17, 15) is 0 Å². The van der Waals surface area contributed by atoms with E-state index in [1.807, 2.05) is 19.1 Å². The second-order valence-corrected chi connectivity index (χ2v) is 2.76. The fourth-order valence-corrected chi connectivity index (χ4v) is 0.916. The number of hydrogen-bond donors (Lipinski definition) is 0. The van der Waals surface area contributed by atoms with E-state index < -0.39 is 0 Å². The van der Waals surface area contributed by atoms with E-state index in [0.29, 0.717) is 5.88 Å². The van der Waals surface area contributed by atoms with Gasteiger partial charge in [-0.1, -0.05) is 11.8 Å². The zero-order valence-corrected chi connectivity index (χ0v) is 7.73. The Morgan fingerprint density at radius 3 is 3.08 bits per heavy atom. The van der Waals surface area contributed by atoms with E-state index in [4.69, 9.17) is 11.6 Å². The molecule has 0 saturated carbocycles. The summed E-state index contributed by atoms with van der Waals surface area (Å²) in [6, 6.07) is 3.85. The van der Waals surface area contributed by atoms with Crippen LogP contribution in [-0.4, -0.2) is 10.9 Å². The van der Waals surface area contributed by atoms with E-state index in [1.54, 1.807) is 6.20 Å². The van der Waals surface area contributed by atoms with Crippen molar-refractivity contribution < 1.29 is 0 Å². The molecule has 1 aromatic rings. The van der Waals surface area contributed by atoms with E-state index in [2.05, 4.69) is 16.8 Å². The average molecular weight is 180 g/mol. The quantitative estimate of drug-likeness (QED) is 0.477. The Labute approximate surface area is 77.8 Å². The molecule has 1 heterocycles. The highest BCUT2D eigenvalue weighted by molar-refractivity contribution is 6.18. The maximum absolute atomic E-state index is 5.49. The number of nitrogens with zero attached hydrogens (tertiary/aromatic N) is 1. The van der Waals surface area contributed by atoms with Crippen molar-refractivity contribution in [2.45, 2.75) is 13.3 Å². The number of aromatic nitrogens is 1. The molecule has 2 heteroatoms. The molecule has 0 saturated heterocycles. The van der Waals surface area contributed by atoms with Gasteiger partial charge < -0.3 is 0 Å². The van der Waals surface area contributed by atoms with Crippen molar-refractivity contribution in [2.75, 3.05) is 5.88 Å². The molecule has 0 unspecified atom stereocenters. The third kappa shape index (κ3) is 2.56. The van der Waals surface area contributed by atoms with Gasteiger partial charge in [0.25, 0.3) is 0 Å². The first-order chi connectivity index (χ1) is 5.84. The predicted molar refractivity (Wildman–Crippen MR) is 51.2 cm³/mol. The molecule has 0 bridgehead atoms. The van der Waals surface area contributed by atoms with E-state index in [0.717, 1.165) is 17.7 Å². The van der Waals surface area contributed by atoms with Crippen molar-refractivity contribution in [2.24, 2.45) is 0 Å². The third-order valence-electron chi connectivity index (χ3n) is 1.45. The summed E-state index contributed by atoms with van der Waals surface area (Å²) >= 11 is 5.49. The number of rotatable bonds is 1. The van der Waals surface area contributed by atoms with Crippen LogP contribution in [0.25, 0.3) is 0 Å². The Bertz CT molecular complexity index is 309. The highest BCUT2D eigenvalue weighted by Gasteiger charge is 1.90. The molecule has 1 aromatic heterocycles. The molecule has 0 fully saturated rings. The van der Waals surface area contributed by atoms with Gasteiger partial charge in [-0.2, -0.15) is 0 Å². The lowest BCUT2D eigenvalue weighted by molar-refractivity contribution is 1.18. The molecule has 0 aromatic carbocycles. The number of hydrogen-bond acceptors (Lipinski definition) is 1. The van der Waals surface area contributed by atoms with Crippen LogP contribution in [0.2, 0.25) is 0 Å². The van der Waals surface area contributed by atoms with Crippen LogP contribution in [0.1, 0.15) is 17.7 Å². The predicted octanol–water partition coefficient (Wildman–Crippen LogP) is 2.37. The Balaban J connectivity index is 2.77. The topological polar surface area (TPSA) is 12.9 Å². The van der Waals surface area contributed by atoms with Gasteiger partial charge >= 0.3 is 0 Å². The first kappa shape index (κ1) is 9.09. The van der Waals surface area contributed by atoms with Crippen molar-refractivity contribution in [3.63, 3.8) is 0 Å². The highest BCUT2D eigenvalue weighted by atomic mass is 35.5. The van der Waals surface area contributed by atoms with E-state index in [1.165, 1.54) is 0 Å². The van der Waals surface area contributed by atoms with Crippen LogP contribution in [0.3, 0.4) is 0 Å². The maximum Gasteiger partial charge on any atom is 0.0528 e. The number of halogens is 1. The highest BCUT2D eigenvalue weighted by Crippen LogP contribution is 2.00. The fraction of sp³-hybridized carbons (Fsp3) is 0.300. The number of aryl methyl sites for hydroxylation is 1. The summed E-state index contributed by atoms with van der Waals surface area (Å²) in [4.78, 5) is 4.12. The average Bonchev–Trinajstić information content (AvgIpc) is 2.09. The van der Waals surface area contributed by atoms with Crippen LogP contribution in [0.4, 0.5) is 0 Å². The van der Waals surface area contributed by atoms with Crippen molar-refractivity contribution in [1.29, 1.82) is 0 Å². The zero-order chi connectivity index (χ0) is 8.81. The molecule has 0 N–H and O–H groups in total. The van der Waals surface area contributed by atoms with Gasteiger partial charge in [0.1, 0.15) is 0 Å². The zero-order valence-electron chi connectivity index (χ0n) is 6.97. The summed E-state index contributed by atoms with van der Waals surface area (Å²) < 4.78 is 0. The van der Waals surface area contributed by atoms with Crippen LogP contribution < -0.4 is 0 Å². The van der Waals surface area contributed by atoms with Crippen LogP contribution in [0, 0.1) is 18.8 Å². The van der Waals surface area contributed by atoms with Gasteiger partial charge in [-0.25, -0.2) is 0 Å². The monoisotopic (exact) mass is 179 g/mol. The molecule has 62 valence electrons. The molecule has 0 aliphatic rings. The minimum Gasteiger partial charge on any atom is -0.260 e. The van der Waals surface area contributed by atoms with Gasteiger partial charge in [0.2, 0.25) is 0 Å². The molecule has 12 heavy (non-hydrogen) atoms. The van der Waals surface area contributed by atoms with Gasteiger partial charge in [-0.05, 0) is 19.1 Å². The summed E-state index contributed by atoms with van der Waals surface area (Å²) in [5, 5.41) is 0. The summed E-state index contributed by atoms with van der Waals surface area (Å²) in [5.74, 6) is 6.58. The van der Waals surface area contributed by atoms with Crippen LogP contribution in [0.15, 0.2) is 18.3 Å². The Morgan fingerprint density at radius 1 is 1.58 bits per heavy atom. The van der Waals surface area contributed by atoms with Crippen molar-refractivity contribution >= 4 is 11.6 Å². The van der Waals surface area contributed by atoms with E-state index >= 15 is 0 Å². The first-order valence-electron chi connectivity index (χ1n) is 3.81. The third-order valence-corrected chi connectivity index (χ3v) is 1.64. The second-order valence-electron chi connectivity index (χ2n) is 2.38. The van der Waals surface area contributed by atoms with Gasteiger partial charge in [-0.15, -0.1) is 11.6 Å². The summed E-state index contributed by atoms with van der Waals surface area (Å²) in [6.07, 6.45) is 2.50. The Hall–Kier alpha value is -1.00. The molecule has 1 nitrogen and oxygen atoms in total. The van der Waals surface area contributed by atoms with Gasteiger partial charge in [0.15, 0.2) is 0 Å². The minimum absolute atomic E-state index is 0.590. The smallest absolute Gasteiger partial charge is 0.0528 e. The van der Waals surface area contributed by atoms with E-state index in [-0.39, 0.29) is 0 Å². The SMILES string of the molecule is Cc1ncccc1C#CCCCl. The first-order valence-corrected chi connectivity index (χ1v) is 4.34. The van der Waals surface area contributed by atoms with Gasteiger partial charge in [0, 0.05) is 24.1 Å². The van der Waals surface area contributed by atoms with Gasteiger partial charge in [-0.3, -0.25) is 4.98 Å².